The third-order valence-electron chi connectivity index (χ3n) is 4.54. The van der Waals surface area contributed by atoms with Gasteiger partial charge in [-0.2, -0.15) is 0 Å². The summed E-state index contributed by atoms with van der Waals surface area (Å²) in [4.78, 5) is 12.7. The van der Waals surface area contributed by atoms with Gasteiger partial charge in [-0.15, -0.1) is 0 Å². The van der Waals surface area contributed by atoms with Crippen LogP contribution in [0, 0.1) is 5.82 Å². The lowest BCUT2D eigenvalue weighted by atomic mass is 9.82. The zero-order valence-electron chi connectivity index (χ0n) is 15.3. The molecule has 1 amide bonds. The van der Waals surface area contributed by atoms with Crippen LogP contribution in [0.3, 0.4) is 0 Å². The molecule has 2 rings (SSSR count). The number of methoxy groups -OCH3 is 1. The minimum absolute atomic E-state index is 0.0507. The summed E-state index contributed by atoms with van der Waals surface area (Å²) < 4.78 is 19.8. The Morgan fingerprint density at radius 1 is 1.20 bits per heavy atom. The molecule has 4 heteroatoms. The molecule has 1 N–H and O–H groups in total. The predicted octanol–water partition coefficient (Wildman–Crippen LogP) is 4.31. The van der Waals surface area contributed by atoms with Gasteiger partial charge in [0, 0.05) is 12.7 Å². The third-order valence-corrected chi connectivity index (χ3v) is 4.54. The van der Waals surface area contributed by atoms with E-state index in [4.69, 9.17) is 4.74 Å². The molecule has 134 valence electrons. The van der Waals surface area contributed by atoms with Gasteiger partial charge in [0.25, 0.3) is 0 Å². The monoisotopic (exact) mass is 343 g/mol. The Bertz CT molecular complexity index is 713. The summed E-state index contributed by atoms with van der Waals surface area (Å²) in [6.07, 6.45) is 0.775. The fourth-order valence-corrected chi connectivity index (χ4v) is 2.72. The first-order valence-electron chi connectivity index (χ1n) is 8.55. The molecule has 0 aromatic heterocycles. The molecule has 0 heterocycles. The van der Waals surface area contributed by atoms with Crippen LogP contribution < -0.4 is 5.32 Å². The van der Waals surface area contributed by atoms with Crippen LogP contribution in [0.1, 0.15) is 32.8 Å². The highest BCUT2D eigenvalue weighted by Gasteiger charge is 2.31. The Labute approximate surface area is 149 Å². The number of carbonyl (C=O) groups is 1. The quantitative estimate of drug-likeness (QED) is 0.813. The number of hydrogen-bond donors (Lipinski definition) is 1. The number of rotatable bonds is 7. The lowest BCUT2D eigenvalue weighted by Crippen LogP contribution is -2.46. The molecule has 0 fully saturated rings. The summed E-state index contributed by atoms with van der Waals surface area (Å²) in [5.74, 6) is -0.461. The molecule has 0 saturated carbocycles. The van der Waals surface area contributed by atoms with E-state index >= 15 is 0 Å². The first-order chi connectivity index (χ1) is 11.9. The normalized spacial score (nSPS) is 12.7. The number of ether oxygens (including phenoxy) is 1. The summed E-state index contributed by atoms with van der Waals surface area (Å²) in [6.45, 7) is 6.06. The topological polar surface area (TPSA) is 38.3 Å². The van der Waals surface area contributed by atoms with E-state index in [1.807, 2.05) is 43.3 Å². The summed E-state index contributed by atoms with van der Waals surface area (Å²) in [6, 6.07) is 14.3. The molecule has 0 saturated heterocycles. The Morgan fingerprint density at radius 2 is 1.88 bits per heavy atom. The van der Waals surface area contributed by atoms with E-state index in [1.54, 1.807) is 27.0 Å². The predicted molar refractivity (Wildman–Crippen MR) is 99.0 cm³/mol. The summed E-state index contributed by atoms with van der Waals surface area (Å²) in [5, 5.41) is 2.99. The Balaban J connectivity index is 2.24. The van der Waals surface area contributed by atoms with Gasteiger partial charge in [-0.1, -0.05) is 49.4 Å². The van der Waals surface area contributed by atoms with E-state index in [0.29, 0.717) is 17.7 Å². The maximum Gasteiger partial charge on any atom is 0.230 e. The fraction of sp³-hybridized carbons (Fsp3) is 0.381. The molecule has 0 aliphatic carbocycles. The van der Waals surface area contributed by atoms with Crippen LogP contribution >= 0.6 is 0 Å². The Kier molecular flexibility index (Phi) is 6.32. The number of hydrogen-bond acceptors (Lipinski definition) is 2. The molecule has 0 radical (unpaired) electrons. The number of carbonyl (C=O) groups excluding carboxylic acids is 1. The lowest BCUT2D eigenvalue weighted by Gasteiger charge is -2.27. The summed E-state index contributed by atoms with van der Waals surface area (Å²) in [7, 11) is 1.61. The Morgan fingerprint density at radius 3 is 2.44 bits per heavy atom. The number of halogens is 1. The van der Waals surface area contributed by atoms with Crippen molar-refractivity contribution in [3.05, 3.63) is 59.9 Å². The van der Waals surface area contributed by atoms with Crippen molar-refractivity contribution in [1.82, 2.24) is 5.32 Å². The van der Waals surface area contributed by atoms with Gasteiger partial charge in [-0.05, 0) is 37.5 Å². The van der Waals surface area contributed by atoms with Crippen LogP contribution in [0.2, 0.25) is 0 Å². The van der Waals surface area contributed by atoms with Crippen LogP contribution in [-0.2, 0) is 14.9 Å². The molecule has 2 aromatic carbocycles. The van der Waals surface area contributed by atoms with Crippen molar-refractivity contribution in [1.29, 1.82) is 0 Å². The smallest absolute Gasteiger partial charge is 0.230 e. The van der Waals surface area contributed by atoms with Crippen molar-refractivity contribution in [2.45, 2.75) is 38.6 Å². The van der Waals surface area contributed by atoms with Crippen molar-refractivity contribution in [3.63, 3.8) is 0 Å². The second-order valence-corrected chi connectivity index (χ2v) is 6.72. The Hall–Kier alpha value is -2.20. The zero-order valence-corrected chi connectivity index (χ0v) is 15.3. The molecule has 0 bridgehead atoms. The third kappa shape index (κ3) is 4.45. The number of nitrogens with one attached hydrogen (secondary N) is 1. The SMILES string of the molecule is CCC(COC)NC(=O)C(C)(C)c1ccc(-c2ccccc2)c(F)c1. The average molecular weight is 343 g/mol. The van der Waals surface area contributed by atoms with E-state index in [9.17, 15) is 9.18 Å². The van der Waals surface area contributed by atoms with Gasteiger partial charge in [-0.3, -0.25) is 4.79 Å². The second kappa shape index (κ2) is 8.26. The van der Waals surface area contributed by atoms with Crippen LogP contribution in [0.15, 0.2) is 48.5 Å². The van der Waals surface area contributed by atoms with Gasteiger partial charge >= 0.3 is 0 Å². The van der Waals surface area contributed by atoms with Crippen molar-refractivity contribution >= 4 is 5.91 Å². The largest absolute Gasteiger partial charge is 0.383 e. The first-order valence-corrected chi connectivity index (χ1v) is 8.55. The highest BCUT2D eigenvalue weighted by atomic mass is 19.1. The number of amides is 1. The van der Waals surface area contributed by atoms with E-state index in [2.05, 4.69) is 5.32 Å². The molecular weight excluding hydrogens is 317 g/mol. The zero-order chi connectivity index (χ0) is 18.4. The molecule has 25 heavy (non-hydrogen) atoms. The highest BCUT2D eigenvalue weighted by molar-refractivity contribution is 5.87. The van der Waals surface area contributed by atoms with Gasteiger partial charge < -0.3 is 10.1 Å². The van der Waals surface area contributed by atoms with Crippen LogP contribution in [-0.4, -0.2) is 25.7 Å². The molecule has 0 aliphatic rings. The van der Waals surface area contributed by atoms with E-state index in [-0.39, 0.29) is 17.8 Å². The first kappa shape index (κ1) is 19.1. The molecule has 0 aliphatic heterocycles. The van der Waals surface area contributed by atoms with Crippen molar-refractivity contribution in [2.75, 3.05) is 13.7 Å². The summed E-state index contributed by atoms with van der Waals surface area (Å²) in [5.41, 5.74) is 1.16. The van der Waals surface area contributed by atoms with E-state index in [0.717, 1.165) is 12.0 Å². The fourth-order valence-electron chi connectivity index (χ4n) is 2.72. The van der Waals surface area contributed by atoms with Gasteiger partial charge in [0.05, 0.1) is 18.1 Å². The van der Waals surface area contributed by atoms with Crippen LogP contribution in [0.25, 0.3) is 11.1 Å². The van der Waals surface area contributed by atoms with Gasteiger partial charge in [0.2, 0.25) is 5.91 Å². The van der Waals surface area contributed by atoms with Gasteiger partial charge in [0.15, 0.2) is 0 Å². The maximum atomic E-state index is 14.6. The van der Waals surface area contributed by atoms with Crippen LogP contribution in [0.4, 0.5) is 4.39 Å². The lowest BCUT2D eigenvalue weighted by molar-refractivity contribution is -0.126. The standard InChI is InChI=1S/C21H26FNO2/c1-5-17(14-25-4)23-20(24)21(2,3)16-11-12-18(19(22)13-16)15-9-7-6-8-10-15/h6-13,17H,5,14H2,1-4H3,(H,23,24). The van der Waals surface area contributed by atoms with Crippen molar-refractivity contribution < 1.29 is 13.9 Å². The minimum Gasteiger partial charge on any atom is -0.383 e. The van der Waals surface area contributed by atoms with E-state index in [1.165, 1.54) is 6.07 Å². The number of benzene rings is 2. The van der Waals surface area contributed by atoms with E-state index < -0.39 is 5.41 Å². The van der Waals surface area contributed by atoms with Crippen molar-refractivity contribution in [2.24, 2.45) is 0 Å². The molecule has 2 aromatic rings. The van der Waals surface area contributed by atoms with Crippen molar-refractivity contribution in [3.8, 4) is 11.1 Å². The summed E-state index contributed by atoms with van der Waals surface area (Å²) >= 11 is 0. The highest BCUT2D eigenvalue weighted by Crippen LogP contribution is 2.29. The van der Waals surface area contributed by atoms with Gasteiger partial charge in [0.1, 0.15) is 5.82 Å². The average Bonchev–Trinajstić information content (AvgIpc) is 2.61. The van der Waals surface area contributed by atoms with Crippen LogP contribution in [0.5, 0.6) is 0 Å². The molecular formula is C21H26FNO2. The maximum absolute atomic E-state index is 14.6. The molecule has 0 spiro atoms. The minimum atomic E-state index is -0.836. The second-order valence-electron chi connectivity index (χ2n) is 6.72. The molecule has 3 nitrogen and oxygen atoms in total. The molecule has 1 atom stereocenters. The van der Waals surface area contributed by atoms with Gasteiger partial charge in [-0.25, -0.2) is 4.39 Å². The molecule has 1 unspecified atom stereocenters.